The van der Waals surface area contributed by atoms with Crippen molar-refractivity contribution in [3.8, 4) is 5.75 Å². The van der Waals surface area contributed by atoms with Crippen LogP contribution >= 0.6 is 0 Å². The highest BCUT2D eigenvalue weighted by molar-refractivity contribution is 5.74. The number of hydrogen-bond donors (Lipinski definition) is 1. The minimum atomic E-state index is -0.223. The molecule has 0 radical (unpaired) electrons. The van der Waals surface area contributed by atoms with Gasteiger partial charge in [0.1, 0.15) is 18.2 Å². The van der Waals surface area contributed by atoms with Crippen molar-refractivity contribution >= 4 is 11.7 Å². The minimum Gasteiger partial charge on any atom is -0.491 e. The van der Waals surface area contributed by atoms with Gasteiger partial charge < -0.3 is 19.9 Å². The Hall–Kier alpha value is -2.76. The molecule has 2 aromatic carbocycles. The summed E-state index contributed by atoms with van der Waals surface area (Å²) in [6.45, 7) is 7.29. The number of piperazine rings is 1. The number of rotatable bonds is 5. The predicted octanol–water partition coefficient (Wildman–Crippen LogP) is 3.35. The Bertz CT molecular complexity index is 789. The molecule has 144 valence electrons. The molecule has 1 aliphatic rings. The normalized spacial score (nSPS) is 14.2. The van der Waals surface area contributed by atoms with Gasteiger partial charge in [0.05, 0.1) is 12.2 Å². The van der Waals surface area contributed by atoms with Crippen molar-refractivity contribution in [2.75, 3.05) is 44.2 Å². The molecule has 0 bridgehead atoms. The number of hydrogen-bond acceptors (Lipinski definition) is 3. The number of aryl methyl sites for hydroxylation is 2. The number of carbonyl (C=O) groups is 1. The maximum atomic E-state index is 13.9. The number of benzene rings is 2. The Balaban J connectivity index is 1.40. The molecule has 5 nitrogen and oxygen atoms in total. The molecule has 0 saturated carbocycles. The van der Waals surface area contributed by atoms with Crippen LogP contribution in [0.2, 0.25) is 0 Å². The molecule has 0 aliphatic carbocycles. The molecule has 3 rings (SSSR count). The molecule has 0 atom stereocenters. The lowest BCUT2D eigenvalue weighted by Gasteiger charge is -2.36. The van der Waals surface area contributed by atoms with Crippen LogP contribution in [0.4, 0.5) is 14.9 Å². The minimum absolute atomic E-state index is 0.104. The summed E-state index contributed by atoms with van der Waals surface area (Å²) in [6, 6.07) is 12.7. The number of ether oxygens (including phenoxy) is 1. The molecule has 1 N–H and O–H groups in total. The Kier molecular flexibility index (Phi) is 6.16. The van der Waals surface area contributed by atoms with Gasteiger partial charge in [-0.15, -0.1) is 0 Å². The second-order valence-electron chi connectivity index (χ2n) is 6.77. The first-order chi connectivity index (χ1) is 13.0. The van der Waals surface area contributed by atoms with Gasteiger partial charge in [-0.3, -0.25) is 0 Å². The van der Waals surface area contributed by atoms with Gasteiger partial charge in [0, 0.05) is 26.2 Å². The molecule has 1 heterocycles. The Labute approximate surface area is 159 Å². The summed E-state index contributed by atoms with van der Waals surface area (Å²) in [4.78, 5) is 16.0. The number of carbonyl (C=O) groups excluding carboxylic acids is 1. The van der Waals surface area contributed by atoms with Crippen molar-refractivity contribution < 1.29 is 13.9 Å². The van der Waals surface area contributed by atoms with E-state index >= 15 is 0 Å². The molecule has 1 saturated heterocycles. The summed E-state index contributed by atoms with van der Waals surface area (Å²) in [7, 11) is 0. The molecule has 2 amide bonds. The summed E-state index contributed by atoms with van der Waals surface area (Å²) in [5.41, 5.74) is 2.88. The smallest absolute Gasteiger partial charge is 0.317 e. The second kappa shape index (κ2) is 8.75. The Morgan fingerprint density at radius 3 is 2.56 bits per heavy atom. The summed E-state index contributed by atoms with van der Waals surface area (Å²) >= 11 is 0. The first kappa shape index (κ1) is 19.0. The van der Waals surface area contributed by atoms with Gasteiger partial charge in [-0.25, -0.2) is 9.18 Å². The van der Waals surface area contributed by atoms with E-state index in [0.717, 1.165) is 11.3 Å². The van der Waals surface area contributed by atoms with Crippen molar-refractivity contribution in [2.24, 2.45) is 0 Å². The van der Waals surface area contributed by atoms with Gasteiger partial charge >= 0.3 is 6.03 Å². The van der Waals surface area contributed by atoms with Crippen LogP contribution < -0.4 is 15.0 Å². The zero-order valence-corrected chi connectivity index (χ0v) is 15.9. The quantitative estimate of drug-likeness (QED) is 0.820. The third-order valence-corrected chi connectivity index (χ3v) is 4.73. The molecule has 6 heteroatoms. The Morgan fingerprint density at radius 2 is 1.85 bits per heavy atom. The average molecular weight is 371 g/mol. The van der Waals surface area contributed by atoms with E-state index in [1.54, 1.807) is 17.0 Å². The number of nitrogens with one attached hydrogen (secondary N) is 1. The van der Waals surface area contributed by atoms with Crippen LogP contribution in [0.15, 0.2) is 42.5 Å². The second-order valence-corrected chi connectivity index (χ2v) is 6.77. The van der Waals surface area contributed by atoms with Gasteiger partial charge in [0.25, 0.3) is 0 Å². The summed E-state index contributed by atoms with van der Waals surface area (Å²) in [5.74, 6) is 0.618. The monoisotopic (exact) mass is 371 g/mol. The van der Waals surface area contributed by atoms with Crippen LogP contribution in [-0.4, -0.2) is 50.3 Å². The third-order valence-electron chi connectivity index (χ3n) is 4.73. The summed E-state index contributed by atoms with van der Waals surface area (Å²) in [5, 5.41) is 2.89. The van der Waals surface area contributed by atoms with E-state index in [0.29, 0.717) is 45.0 Å². The van der Waals surface area contributed by atoms with Gasteiger partial charge in [0.15, 0.2) is 0 Å². The first-order valence-corrected chi connectivity index (χ1v) is 9.27. The molecule has 0 aromatic heterocycles. The van der Waals surface area contributed by atoms with Crippen LogP contribution in [0.3, 0.4) is 0 Å². The molecular formula is C21H26FN3O2. The van der Waals surface area contributed by atoms with Crippen molar-refractivity contribution in [2.45, 2.75) is 13.8 Å². The Morgan fingerprint density at radius 1 is 1.11 bits per heavy atom. The van der Waals surface area contributed by atoms with Crippen molar-refractivity contribution in [3.05, 3.63) is 59.4 Å². The molecule has 1 fully saturated rings. The number of para-hydroxylation sites is 1. The van der Waals surface area contributed by atoms with E-state index in [1.165, 1.54) is 11.6 Å². The van der Waals surface area contributed by atoms with Crippen LogP contribution in [0, 0.1) is 19.7 Å². The van der Waals surface area contributed by atoms with E-state index in [9.17, 15) is 9.18 Å². The van der Waals surface area contributed by atoms with Gasteiger partial charge in [0.2, 0.25) is 0 Å². The van der Waals surface area contributed by atoms with Crippen molar-refractivity contribution in [3.63, 3.8) is 0 Å². The lowest BCUT2D eigenvalue weighted by molar-refractivity contribution is 0.191. The van der Waals surface area contributed by atoms with Gasteiger partial charge in [-0.2, -0.15) is 0 Å². The number of amides is 2. The largest absolute Gasteiger partial charge is 0.491 e. The standard InChI is InChI=1S/C21H26FN3O2/c1-16-7-8-20(17(2)15-16)27-14-9-23-21(26)25-12-10-24(11-13-25)19-6-4-3-5-18(19)22/h3-8,15H,9-14H2,1-2H3,(H,23,26). The van der Waals surface area contributed by atoms with Gasteiger partial charge in [-0.1, -0.05) is 29.8 Å². The lowest BCUT2D eigenvalue weighted by atomic mass is 10.1. The van der Waals surface area contributed by atoms with Crippen LogP contribution in [0.5, 0.6) is 5.75 Å². The fraction of sp³-hybridized carbons (Fsp3) is 0.381. The fourth-order valence-electron chi connectivity index (χ4n) is 3.25. The van der Waals surface area contributed by atoms with E-state index in [1.807, 2.05) is 36.9 Å². The van der Waals surface area contributed by atoms with Crippen molar-refractivity contribution in [1.82, 2.24) is 10.2 Å². The summed E-state index contributed by atoms with van der Waals surface area (Å²) < 4.78 is 19.6. The number of urea groups is 1. The molecule has 2 aromatic rings. The number of nitrogens with zero attached hydrogens (tertiary/aromatic N) is 2. The highest BCUT2D eigenvalue weighted by Crippen LogP contribution is 2.20. The highest BCUT2D eigenvalue weighted by Gasteiger charge is 2.22. The van der Waals surface area contributed by atoms with Crippen LogP contribution in [-0.2, 0) is 0 Å². The zero-order chi connectivity index (χ0) is 19.2. The highest BCUT2D eigenvalue weighted by atomic mass is 19.1. The topological polar surface area (TPSA) is 44.8 Å². The molecular weight excluding hydrogens is 345 g/mol. The van der Waals surface area contributed by atoms with Crippen LogP contribution in [0.1, 0.15) is 11.1 Å². The van der Waals surface area contributed by atoms with E-state index in [2.05, 4.69) is 11.4 Å². The summed E-state index contributed by atoms with van der Waals surface area (Å²) in [6.07, 6.45) is 0. The SMILES string of the molecule is Cc1ccc(OCCNC(=O)N2CCN(c3ccccc3F)CC2)c(C)c1. The van der Waals surface area contributed by atoms with Crippen LogP contribution in [0.25, 0.3) is 0 Å². The van der Waals surface area contributed by atoms with E-state index in [4.69, 9.17) is 4.74 Å². The first-order valence-electron chi connectivity index (χ1n) is 9.27. The number of halogens is 1. The predicted molar refractivity (Wildman–Crippen MR) is 105 cm³/mol. The molecule has 27 heavy (non-hydrogen) atoms. The van der Waals surface area contributed by atoms with Crippen molar-refractivity contribution in [1.29, 1.82) is 0 Å². The molecule has 1 aliphatic heterocycles. The average Bonchev–Trinajstić information content (AvgIpc) is 2.67. The van der Waals surface area contributed by atoms with Gasteiger partial charge in [-0.05, 0) is 37.6 Å². The maximum absolute atomic E-state index is 13.9. The third kappa shape index (κ3) is 4.90. The molecule has 0 spiro atoms. The maximum Gasteiger partial charge on any atom is 0.317 e. The fourth-order valence-corrected chi connectivity index (χ4v) is 3.25. The van der Waals surface area contributed by atoms with E-state index in [-0.39, 0.29) is 11.8 Å². The molecule has 0 unspecified atom stereocenters. The lowest BCUT2D eigenvalue weighted by Crippen LogP contribution is -2.52. The van der Waals surface area contributed by atoms with E-state index < -0.39 is 0 Å². The zero-order valence-electron chi connectivity index (χ0n) is 15.9. The number of anilines is 1.